The average Bonchev–Trinajstić information content (AvgIpc) is 2.89. The standard InChI is InChI=1S/C27H36N4O3/c1-2-34-27(33)31-14-8-11-24(21-31)26(32)28-19-22-9-6-7-10-23(22)20-29-15-17-30(18-16-29)25-12-4-3-5-13-25/h3-7,9-10,12-13,24H,2,8,11,14-21H2,1H3,(H,28,32). The summed E-state index contributed by atoms with van der Waals surface area (Å²) in [6.07, 6.45) is 1.30. The number of nitrogens with zero attached hydrogens (tertiary/aromatic N) is 3. The van der Waals surface area contributed by atoms with Crippen LogP contribution < -0.4 is 10.2 Å². The molecule has 0 spiro atoms. The summed E-state index contributed by atoms with van der Waals surface area (Å²) in [6, 6.07) is 18.9. The third-order valence-electron chi connectivity index (χ3n) is 6.78. The fourth-order valence-corrected chi connectivity index (χ4v) is 4.83. The molecule has 2 saturated heterocycles. The molecule has 34 heavy (non-hydrogen) atoms. The van der Waals surface area contributed by atoms with Gasteiger partial charge < -0.3 is 19.9 Å². The fourth-order valence-electron chi connectivity index (χ4n) is 4.83. The van der Waals surface area contributed by atoms with E-state index in [1.165, 1.54) is 11.3 Å². The number of nitrogens with one attached hydrogen (secondary N) is 1. The van der Waals surface area contributed by atoms with Crippen LogP contribution in [0.5, 0.6) is 0 Å². The van der Waals surface area contributed by atoms with Gasteiger partial charge in [0, 0.05) is 58.0 Å². The van der Waals surface area contributed by atoms with Gasteiger partial charge in [0.15, 0.2) is 0 Å². The Bertz CT molecular complexity index is 944. The van der Waals surface area contributed by atoms with Gasteiger partial charge in [-0.2, -0.15) is 0 Å². The topological polar surface area (TPSA) is 65.1 Å². The number of hydrogen-bond donors (Lipinski definition) is 1. The van der Waals surface area contributed by atoms with Gasteiger partial charge in [-0.1, -0.05) is 42.5 Å². The Kier molecular flexibility index (Phi) is 8.41. The van der Waals surface area contributed by atoms with E-state index in [2.05, 4.69) is 63.6 Å². The van der Waals surface area contributed by atoms with E-state index in [9.17, 15) is 9.59 Å². The zero-order valence-corrected chi connectivity index (χ0v) is 20.1. The smallest absolute Gasteiger partial charge is 0.409 e. The van der Waals surface area contributed by atoms with Crippen LogP contribution in [0.2, 0.25) is 0 Å². The van der Waals surface area contributed by atoms with Gasteiger partial charge >= 0.3 is 6.09 Å². The van der Waals surface area contributed by atoms with E-state index < -0.39 is 0 Å². The molecule has 2 aliphatic rings. The second-order valence-corrected chi connectivity index (χ2v) is 9.07. The Balaban J connectivity index is 1.28. The highest BCUT2D eigenvalue weighted by Gasteiger charge is 2.29. The van der Waals surface area contributed by atoms with Gasteiger partial charge in [0.2, 0.25) is 5.91 Å². The third-order valence-corrected chi connectivity index (χ3v) is 6.78. The van der Waals surface area contributed by atoms with Crippen LogP contribution in [-0.2, 0) is 22.6 Å². The molecule has 1 atom stereocenters. The normalized spacial score (nSPS) is 19.0. The number of piperazine rings is 1. The number of carbonyl (C=O) groups is 2. The molecule has 1 unspecified atom stereocenters. The van der Waals surface area contributed by atoms with Gasteiger partial charge in [-0.15, -0.1) is 0 Å². The molecule has 0 saturated carbocycles. The largest absolute Gasteiger partial charge is 0.450 e. The summed E-state index contributed by atoms with van der Waals surface area (Å²) in [7, 11) is 0. The van der Waals surface area contributed by atoms with E-state index in [0.717, 1.165) is 51.1 Å². The van der Waals surface area contributed by atoms with Crippen LogP contribution in [0.4, 0.5) is 10.5 Å². The highest BCUT2D eigenvalue weighted by molar-refractivity contribution is 5.80. The van der Waals surface area contributed by atoms with Gasteiger partial charge in [0.05, 0.1) is 12.5 Å². The Morgan fingerprint density at radius 1 is 0.941 bits per heavy atom. The van der Waals surface area contributed by atoms with Crippen LogP contribution in [0.25, 0.3) is 0 Å². The lowest BCUT2D eigenvalue weighted by molar-refractivity contribution is -0.126. The molecule has 2 heterocycles. The first-order chi connectivity index (χ1) is 16.6. The molecule has 2 aliphatic heterocycles. The lowest BCUT2D eigenvalue weighted by atomic mass is 9.97. The number of hydrogen-bond acceptors (Lipinski definition) is 5. The molecule has 0 radical (unpaired) electrons. The number of amides is 2. The number of likely N-dealkylation sites (tertiary alicyclic amines) is 1. The fraction of sp³-hybridized carbons (Fsp3) is 0.481. The number of piperidine rings is 1. The number of carbonyl (C=O) groups excluding carboxylic acids is 2. The van der Waals surface area contributed by atoms with Crippen LogP contribution >= 0.6 is 0 Å². The van der Waals surface area contributed by atoms with Crippen LogP contribution in [0.15, 0.2) is 54.6 Å². The van der Waals surface area contributed by atoms with Crippen molar-refractivity contribution < 1.29 is 14.3 Å². The van der Waals surface area contributed by atoms with Gasteiger partial charge in [-0.3, -0.25) is 9.69 Å². The molecule has 182 valence electrons. The Morgan fingerprint density at radius 3 is 2.38 bits per heavy atom. The zero-order valence-electron chi connectivity index (χ0n) is 20.1. The second-order valence-electron chi connectivity index (χ2n) is 9.07. The lowest BCUT2D eigenvalue weighted by Gasteiger charge is -2.36. The van der Waals surface area contributed by atoms with E-state index in [4.69, 9.17) is 4.74 Å². The first kappa shape index (κ1) is 24.1. The molecule has 7 heteroatoms. The highest BCUT2D eigenvalue weighted by atomic mass is 16.6. The van der Waals surface area contributed by atoms with Crippen LogP contribution in [0.1, 0.15) is 30.9 Å². The number of benzene rings is 2. The summed E-state index contributed by atoms with van der Waals surface area (Å²) in [5.41, 5.74) is 3.70. The van der Waals surface area contributed by atoms with Gasteiger partial charge in [-0.05, 0) is 43.0 Å². The maximum atomic E-state index is 12.9. The number of rotatable bonds is 7. The monoisotopic (exact) mass is 464 g/mol. The molecular formula is C27H36N4O3. The molecule has 2 fully saturated rings. The van der Waals surface area contributed by atoms with Crippen molar-refractivity contribution in [2.75, 3.05) is 50.8 Å². The van der Waals surface area contributed by atoms with Crippen molar-refractivity contribution in [1.29, 1.82) is 0 Å². The third kappa shape index (κ3) is 6.29. The van der Waals surface area contributed by atoms with Crippen molar-refractivity contribution in [2.45, 2.75) is 32.9 Å². The Hall–Kier alpha value is -3.06. The molecule has 1 N–H and O–H groups in total. The minimum atomic E-state index is -0.322. The minimum Gasteiger partial charge on any atom is -0.450 e. The molecule has 2 aromatic rings. The second kappa shape index (κ2) is 11.9. The van der Waals surface area contributed by atoms with E-state index in [0.29, 0.717) is 26.2 Å². The summed E-state index contributed by atoms with van der Waals surface area (Å²) in [5, 5.41) is 3.12. The summed E-state index contributed by atoms with van der Waals surface area (Å²) >= 11 is 0. The van der Waals surface area contributed by atoms with Gasteiger partial charge in [-0.25, -0.2) is 4.79 Å². The highest BCUT2D eigenvalue weighted by Crippen LogP contribution is 2.20. The Labute approximate surface area is 202 Å². The van der Waals surface area contributed by atoms with Crippen molar-refractivity contribution in [3.63, 3.8) is 0 Å². The summed E-state index contributed by atoms with van der Waals surface area (Å²) in [6.45, 7) is 8.69. The molecular weight excluding hydrogens is 428 g/mol. The van der Waals surface area contributed by atoms with Crippen LogP contribution in [0, 0.1) is 5.92 Å². The minimum absolute atomic E-state index is 0.0141. The van der Waals surface area contributed by atoms with E-state index in [-0.39, 0.29) is 17.9 Å². The average molecular weight is 465 g/mol. The number of anilines is 1. The maximum Gasteiger partial charge on any atom is 0.409 e. The van der Waals surface area contributed by atoms with Crippen molar-refractivity contribution in [3.05, 3.63) is 65.7 Å². The first-order valence-corrected chi connectivity index (χ1v) is 12.4. The van der Waals surface area contributed by atoms with Gasteiger partial charge in [0.25, 0.3) is 0 Å². The zero-order chi connectivity index (χ0) is 23.8. The van der Waals surface area contributed by atoms with Crippen molar-refractivity contribution in [2.24, 2.45) is 5.92 Å². The summed E-state index contributed by atoms with van der Waals surface area (Å²) in [4.78, 5) is 31.5. The van der Waals surface area contributed by atoms with E-state index >= 15 is 0 Å². The predicted octanol–water partition coefficient (Wildman–Crippen LogP) is 3.49. The molecule has 4 rings (SSSR count). The molecule has 0 aliphatic carbocycles. The molecule has 0 bridgehead atoms. The van der Waals surface area contributed by atoms with Gasteiger partial charge in [0.1, 0.15) is 0 Å². The van der Waals surface area contributed by atoms with Crippen molar-refractivity contribution in [3.8, 4) is 0 Å². The number of ether oxygens (including phenoxy) is 1. The van der Waals surface area contributed by atoms with Crippen LogP contribution in [0.3, 0.4) is 0 Å². The molecule has 0 aromatic heterocycles. The molecule has 2 amide bonds. The van der Waals surface area contributed by atoms with Crippen molar-refractivity contribution >= 4 is 17.7 Å². The van der Waals surface area contributed by atoms with E-state index in [1.807, 2.05) is 6.07 Å². The van der Waals surface area contributed by atoms with E-state index in [1.54, 1.807) is 11.8 Å². The lowest BCUT2D eigenvalue weighted by Crippen LogP contribution is -2.46. The Morgan fingerprint density at radius 2 is 1.65 bits per heavy atom. The van der Waals surface area contributed by atoms with Crippen LogP contribution in [-0.4, -0.2) is 67.7 Å². The number of para-hydroxylation sites is 1. The van der Waals surface area contributed by atoms with Crippen molar-refractivity contribution in [1.82, 2.24) is 15.1 Å². The maximum absolute atomic E-state index is 12.9. The first-order valence-electron chi connectivity index (χ1n) is 12.4. The quantitative estimate of drug-likeness (QED) is 0.680. The summed E-state index contributed by atoms with van der Waals surface area (Å²) < 4.78 is 5.11. The predicted molar refractivity (Wildman–Crippen MR) is 134 cm³/mol. The SMILES string of the molecule is CCOC(=O)N1CCCC(C(=O)NCc2ccccc2CN2CCN(c3ccccc3)CC2)C1. The summed E-state index contributed by atoms with van der Waals surface area (Å²) in [5.74, 6) is -0.170. The molecule has 2 aromatic carbocycles. The molecule has 7 nitrogen and oxygen atoms in total.